The summed E-state index contributed by atoms with van der Waals surface area (Å²) in [5.41, 5.74) is 1.27. The summed E-state index contributed by atoms with van der Waals surface area (Å²) in [6, 6.07) is 8.78. The van der Waals surface area contributed by atoms with Gasteiger partial charge in [0.2, 0.25) is 0 Å². The minimum Gasteiger partial charge on any atom is -0.288 e. The number of carbonyl (C=O) groups excluding carboxylic acids is 1. The molecule has 0 N–H and O–H groups in total. The van der Waals surface area contributed by atoms with Crippen LogP contribution in [0.5, 0.6) is 0 Å². The average molecular weight is 250 g/mol. The van der Waals surface area contributed by atoms with Crippen molar-refractivity contribution in [2.45, 2.75) is 6.92 Å². The Bertz CT molecular complexity index is 583. The first-order valence-corrected chi connectivity index (χ1v) is 5.39. The van der Waals surface area contributed by atoms with Gasteiger partial charge in [-0.2, -0.15) is 0 Å². The fourth-order valence-corrected chi connectivity index (χ4v) is 1.76. The number of aryl methyl sites for hydroxylation is 1. The normalized spacial score (nSPS) is 10.3. The van der Waals surface area contributed by atoms with Gasteiger partial charge in [-0.3, -0.25) is 4.79 Å². The Labute approximate surface area is 103 Å². The van der Waals surface area contributed by atoms with Crippen molar-refractivity contribution in [2.24, 2.45) is 0 Å². The monoisotopic (exact) mass is 249 g/mol. The van der Waals surface area contributed by atoms with Crippen LogP contribution in [0.1, 0.15) is 21.6 Å². The zero-order valence-electron chi connectivity index (χ0n) is 9.08. The van der Waals surface area contributed by atoms with Gasteiger partial charge in [0.1, 0.15) is 11.0 Å². The largest absolute Gasteiger partial charge is 0.288 e. The van der Waals surface area contributed by atoms with Crippen molar-refractivity contribution >= 4 is 17.4 Å². The third kappa shape index (κ3) is 2.50. The second kappa shape index (κ2) is 4.63. The molecule has 0 unspecified atom stereocenters. The first kappa shape index (κ1) is 11.7. The van der Waals surface area contributed by atoms with E-state index in [9.17, 15) is 9.18 Å². The van der Waals surface area contributed by atoms with Gasteiger partial charge < -0.3 is 0 Å². The third-order valence-electron chi connectivity index (χ3n) is 2.32. The van der Waals surface area contributed by atoms with E-state index in [-0.39, 0.29) is 22.1 Å². The lowest BCUT2D eigenvalue weighted by Crippen LogP contribution is -2.04. The molecule has 4 heteroatoms. The zero-order chi connectivity index (χ0) is 12.4. The first-order chi connectivity index (χ1) is 8.08. The molecule has 1 aromatic carbocycles. The molecule has 1 heterocycles. The van der Waals surface area contributed by atoms with Crippen LogP contribution < -0.4 is 0 Å². The Balaban J connectivity index is 2.44. The number of hydrogen-bond acceptors (Lipinski definition) is 2. The molecule has 0 amide bonds. The van der Waals surface area contributed by atoms with Gasteiger partial charge in [0.05, 0.1) is 5.56 Å². The lowest BCUT2D eigenvalue weighted by molar-refractivity contribution is 0.103. The van der Waals surface area contributed by atoms with Crippen LogP contribution in [0.4, 0.5) is 4.39 Å². The van der Waals surface area contributed by atoms with Gasteiger partial charge in [-0.05, 0) is 31.2 Å². The maximum absolute atomic E-state index is 13.0. The fraction of sp³-hybridized carbons (Fsp3) is 0.0769. The predicted octanol–water partition coefficient (Wildman–Crippen LogP) is 3.41. The molecule has 0 saturated carbocycles. The predicted molar refractivity (Wildman–Crippen MR) is 63.8 cm³/mol. The molecule has 86 valence electrons. The maximum atomic E-state index is 13.0. The van der Waals surface area contributed by atoms with Gasteiger partial charge in [-0.15, -0.1) is 0 Å². The highest BCUT2D eigenvalue weighted by Crippen LogP contribution is 2.18. The number of ketones is 1. The summed E-state index contributed by atoms with van der Waals surface area (Å²) in [6.45, 7) is 1.78. The molecule has 0 radical (unpaired) electrons. The van der Waals surface area contributed by atoms with Crippen LogP contribution in [0.15, 0.2) is 36.4 Å². The molecule has 0 aliphatic rings. The van der Waals surface area contributed by atoms with Crippen molar-refractivity contribution in [2.75, 3.05) is 0 Å². The van der Waals surface area contributed by atoms with Crippen LogP contribution in [0.2, 0.25) is 5.15 Å². The minimum absolute atomic E-state index is 0.138. The van der Waals surface area contributed by atoms with Crippen molar-refractivity contribution in [1.29, 1.82) is 0 Å². The van der Waals surface area contributed by atoms with E-state index in [1.165, 1.54) is 18.2 Å². The Morgan fingerprint density at radius 2 is 2.06 bits per heavy atom. The van der Waals surface area contributed by atoms with E-state index in [2.05, 4.69) is 4.98 Å². The quantitative estimate of drug-likeness (QED) is 0.603. The van der Waals surface area contributed by atoms with E-state index in [4.69, 9.17) is 11.6 Å². The van der Waals surface area contributed by atoms with Gasteiger partial charge in [-0.25, -0.2) is 9.37 Å². The van der Waals surface area contributed by atoms with Crippen molar-refractivity contribution in [3.05, 3.63) is 64.2 Å². The molecular weight excluding hydrogens is 241 g/mol. The Morgan fingerprint density at radius 1 is 1.29 bits per heavy atom. The van der Waals surface area contributed by atoms with Crippen LogP contribution >= 0.6 is 11.6 Å². The van der Waals surface area contributed by atoms with E-state index < -0.39 is 5.82 Å². The van der Waals surface area contributed by atoms with Crippen molar-refractivity contribution in [3.8, 4) is 0 Å². The van der Waals surface area contributed by atoms with Gasteiger partial charge in [-0.1, -0.05) is 23.7 Å². The topological polar surface area (TPSA) is 30.0 Å². The number of halogens is 2. The Hall–Kier alpha value is -1.74. The van der Waals surface area contributed by atoms with Crippen LogP contribution in [-0.4, -0.2) is 10.8 Å². The van der Waals surface area contributed by atoms with Crippen molar-refractivity contribution < 1.29 is 9.18 Å². The van der Waals surface area contributed by atoms with Crippen molar-refractivity contribution in [1.82, 2.24) is 4.98 Å². The summed E-state index contributed by atoms with van der Waals surface area (Å²) >= 11 is 5.89. The first-order valence-electron chi connectivity index (χ1n) is 5.01. The number of rotatable bonds is 2. The number of nitrogens with zero attached hydrogens (tertiary/aromatic N) is 1. The SMILES string of the molecule is Cc1ccc(C(=O)c2cccc(F)c2)c(Cl)n1. The van der Waals surface area contributed by atoms with Crippen molar-refractivity contribution in [3.63, 3.8) is 0 Å². The summed E-state index contributed by atoms with van der Waals surface area (Å²) in [5, 5.41) is 0.138. The Morgan fingerprint density at radius 3 is 2.71 bits per heavy atom. The number of benzene rings is 1. The number of carbonyl (C=O) groups is 1. The number of hydrogen-bond donors (Lipinski definition) is 0. The molecule has 1 aromatic heterocycles. The van der Waals surface area contributed by atoms with Crippen LogP contribution in [-0.2, 0) is 0 Å². The third-order valence-corrected chi connectivity index (χ3v) is 2.61. The number of aromatic nitrogens is 1. The number of pyridine rings is 1. The summed E-state index contributed by atoms with van der Waals surface area (Å²) in [4.78, 5) is 16.0. The van der Waals surface area contributed by atoms with Gasteiger partial charge in [0, 0.05) is 11.3 Å². The molecule has 0 aliphatic heterocycles. The summed E-state index contributed by atoms with van der Waals surface area (Å²) in [5.74, 6) is -0.783. The highest BCUT2D eigenvalue weighted by atomic mass is 35.5. The Kier molecular flexibility index (Phi) is 3.20. The zero-order valence-corrected chi connectivity index (χ0v) is 9.83. The molecule has 0 bridgehead atoms. The van der Waals surface area contributed by atoms with Crippen LogP contribution in [0.25, 0.3) is 0 Å². The molecule has 0 fully saturated rings. The molecule has 2 rings (SSSR count). The minimum atomic E-state index is -0.452. The second-order valence-corrected chi connectivity index (χ2v) is 3.99. The highest BCUT2D eigenvalue weighted by Gasteiger charge is 2.14. The summed E-state index contributed by atoms with van der Waals surface area (Å²) in [6.07, 6.45) is 0. The lowest BCUT2D eigenvalue weighted by Gasteiger charge is -2.04. The molecule has 2 nitrogen and oxygen atoms in total. The average Bonchev–Trinajstić information content (AvgIpc) is 2.28. The molecule has 2 aromatic rings. The van der Waals surface area contributed by atoms with Gasteiger partial charge in [0.25, 0.3) is 0 Å². The maximum Gasteiger partial charge on any atom is 0.196 e. The molecule has 17 heavy (non-hydrogen) atoms. The smallest absolute Gasteiger partial charge is 0.196 e. The van der Waals surface area contributed by atoms with Gasteiger partial charge in [0.15, 0.2) is 5.78 Å². The lowest BCUT2D eigenvalue weighted by atomic mass is 10.0. The highest BCUT2D eigenvalue weighted by molar-refractivity contribution is 6.33. The fourth-order valence-electron chi connectivity index (χ4n) is 1.48. The van der Waals surface area contributed by atoms with E-state index in [0.29, 0.717) is 0 Å². The molecule has 0 spiro atoms. The summed E-state index contributed by atoms with van der Waals surface area (Å²) in [7, 11) is 0. The van der Waals surface area contributed by atoms with E-state index >= 15 is 0 Å². The van der Waals surface area contributed by atoms with Crippen LogP contribution in [0, 0.1) is 12.7 Å². The van der Waals surface area contributed by atoms with Crippen LogP contribution in [0.3, 0.4) is 0 Å². The molecule has 0 aliphatic carbocycles. The second-order valence-electron chi connectivity index (χ2n) is 3.63. The van der Waals surface area contributed by atoms with E-state index in [1.54, 1.807) is 25.1 Å². The molecular formula is C13H9ClFNO. The van der Waals surface area contributed by atoms with E-state index in [0.717, 1.165) is 5.69 Å². The summed E-state index contributed by atoms with van der Waals surface area (Å²) < 4.78 is 13.0. The van der Waals surface area contributed by atoms with E-state index in [1.807, 2.05) is 0 Å². The molecule has 0 saturated heterocycles. The van der Waals surface area contributed by atoms with Gasteiger partial charge >= 0.3 is 0 Å². The molecule has 0 atom stereocenters. The standard InChI is InChI=1S/C13H9ClFNO/c1-8-5-6-11(13(14)16-8)12(17)9-3-2-4-10(15)7-9/h2-7H,1H3.